The Hall–Kier alpha value is -3.57. The number of hydrogen-bond acceptors (Lipinski definition) is 3. The van der Waals surface area contributed by atoms with Crippen LogP contribution in [0.4, 0.5) is 4.39 Å². The van der Waals surface area contributed by atoms with Crippen LogP contribution in [0.1, 0.15) is 20.9 Å². The lowest BCUT2D eigenvalue weighted by molar-refractivity contribution is 0.104. The van der Waals surface area contributed by atoms with Crippen molar-refractivity contribution in [2.45, 2.75) is 6.92 Å². The molecule has 0 saturated heterocycles. The van der Waals surface area contributed by atoms with E-state index in [1.54, 1.807) is 35.6 Å². The summed E-state index contributed by atoms with van der Waals surface area (Å²) < 4.78 is 15.3. The summed E-state index contributed by atoms with van der Waals surface area (Å²) in [5.74, 6) is -0.369. The van der Waals surface area contributed by atoms with Crippen molar-refractivity contribution in [1.29, 1.82) is 0 Å². The van der Waals surface area contributed by atoms with E-state index in [1.807, 2.05) is 60.0 Å². The molecule has 0 spiro atoms. The third-order valence-corrected chi connectivity index (χ3v) is 5.92. The molecule has 0 N–H and O–H groups in total. The second-order valence-corrected chi connectivity index (χ2v) is 8.32. The fraction of sp³-hybridized carbons (Fsp3) is 0.0400. The van der Waals surface area contributed by atoms with Gasteiger partial charge in [-0.3, -0.25) is 9.20 Å². The van der Waals surface area contributed by atoms with Crippen molar-refractivity contribution < 1.29 is 9.18 Å². The van der Waals surface area contributed by atoms with Crippen LogP contribution in [-0.2, 0) is 0 Å². The molecule has 0 atom stereocenters. The highest BCUT2D eigenvalue weighted by Crippen LogP contribution is 2.29. The van der Waals surface area contributed by atoms with Gasteiger partial charge in [0.25, 0.3) is 0 Å². The molecule has 0 bridgehead atoms. The first-order chi connectivity index (χ1) is 14.6. The van der Waals surface area contributed by atoms with Gasteiger partial charge in [-0.25, -0.2) is 9.37 Å². The molecule has 2 aromatic heterocycles. The molecular formula is C25H17FN2OS. The number of imidazole rings is 1. The fourth-order valence-electron chi connectivity index (χ4n) is 3.55. The zero-order valence-corrected chi connectivity index (χ0v) is 17.0. The first-order valence-corrected chi connectivity index (χ1v) is 10.4. The van der Waals surface area contributed by atoms with Crippen molar-refractivity contribution in [1.82, 2.24) is 9.38 Å². The van der Waals surface area contributed by atoms with E-state index in [2.05, 4.69) is 0 Å². The Morgan fingerprint density at radius 1 is 1.03 bits per heavy atom. The molecule has 0 aliphatic carbocycles. The summed E-state index contributed by atoms with van der Waals surface area (Å²) in [5.41, 5.74) is 2.97. The molecule has 3 nitrogen and oxygen atoms in total. The normalized spacial score (nSPS) is 11.7. The summed E-state index contributed by atoms with van der Waals surface area (Å²) in [6, 6.07) is 19.9. The molecule has 0 amide bonds. The highest BCUT2D eigenvalue weighted by Gasteiger charge is 2.15. The molecule has 3 aromatic carbocycles. The van der Waals surface area contributed by atoms with Crippen LogP contribution in [-0.4, -0.2) is 15.2 Å². The molecule has 146 valence electrons. The van der Waals surface area contributed by atoms with Gasteiger partial charge < -0.3 is 0 Å². The minimum Gasteiger partial charge on any atom is -0.290 e. The van der Waals surface area contributed by atoms with Gasteiger partial charge in [0.05, 0.1) is 11.4 Å². The number of benzene rings is 3. The largest absolute Gasteiger partial charge is 0.290 e. The van der Waals surface area contributed by atoms with E-state index in [1.165, 1.54) is 12.1 Å². The van der Waals surface area contributed by atoms with Gasteiger partial charge in [0.15, 0.2) is 10.7 Å². The van der Waals surface area contributed by atoms with Crippen molar-refractivity contribution in [3.05, 3.63) is 101 Å². The monoisotopic (exact) mass is 412 g/mol. The molecule has 0 saturated carbocycles. The number of thiazole rings is 1. The Morgan fingerprint density at radius 2 is 1.80 bits per heavy atom. The topological polar surface area (TPSA) is 34.4 Å². The second kappa shape index (κ2) is 7.35. The second-order valence-electron chi connectivity index (χ2n) is 7.11. The first-order valence-electron chi connectivity index (χ1n) is 9.54. The predicted molar refractivity (Wildman–Crippen MR) is 121 cm³/mol. The minimum atomic E-state index is -0.292. The third-order valence-electron chi connectivity index (χ3n) is 5.02. The molecule has 0 radical (unpaired) electrons. The number of fused-ring (bicyclic) bond motifs is 2. The van der Waals surface area contributed by atoms with Crippen LogP contribution in [0.15, 0.2) is 79.0 Å². The van der Waals surface area contributed by atoms with Crippen molar-refractivity contribution in [2.24, 2.45) is 0 Å². The number of aromatic nitrogens is 2. The van der Waals surface area contributed by atoms with E-state index in [9.17, 15) is 9.18 Å². The van der Waals surface area contributed by atoms with Crippen LogP contribution in [0.5, 0.6) is 0 Å². The minimum absolute atomic E-state index is 0.0762. The number of halogens is 1. The summed E-state index contributed by atoms with van der Waals surface area (Å²) in [6.07, 6.45) is 5.37. The Kier molecular flexibility index (Phi) is 4.52. The summed E-state index contributed by atoms with van der Waals surface area (Å²) >= 11 is 1.58. The standard InChI is InChI=1S/C25H17FN2OS/c1-16-15-28-22(24(27-25(28)30-16)18-8-10-21(26)11-9-18)12-13-23(29)20-7-6-17-4-2-3-5-19(17)14-20/h2-15H,1H3. The molecule has 0 aliphatic rings. The smallest absolute Gasteiger partial charge is 0.194 e. The van der Waals surface area contributed by atoms with Gasteiger partial charge >= 0.3 is 0 Å². The van der Waals surface area contributed by atoms with E-state index in [-0.39, 0.29) is 11.6 Å². The maximum Gasteiger partial charge on any atom is 0.194 e. The highest BCUT2D eigenvalue weighted by atomic mass is 32.1. The van der Waals surface area contributed by atoms with Gasteiger partial charge in [0.1, 0.15) is 5.82 Å². The maximum atomic E-state index is 13.4. The molecule has 2 heterocycles. The average molecular weight is 412 g/mol. The molecule has 0 fully saturated rings. The van der Waals surface area contributed by atoms with Crippen molar-refractivity contribution in [2.75, 3.05) is 0 Å². The third kappa shape index (κ3) is 3.33. The number of ketones is 1. The van der Waals surface area contributed by atoms with E-state index in [0.29, 0.717) is 5.56 Å². The Morgan fingerprint density at radius 3 is 2.60 bits per heavy atom. The van der Waals surface area contributed by atoms with Crippen LogP contribution in [0.2, 0.25) is 0 Å². The zero-order chi connectivity index (χ0) is 20.7. The van der Waals surface area contributed by atoms with E-state index in [4.69, 9.17) is 4.98 Å². The number of carbonyl (C=O) groups excluding carboxylic acids is 1. The van der Waals surface area contributed by atoms with Crippen LogP contribution in [0.25, 0.3) is 33.1 Å². The number of nitrogens with zero attached hydrogens (tertiary/aromatic N) is 2. The molecular weight excluding hydrogens is 395 g/mol. The molecule has 30 heavy (non-hydrogen) atoms. The summed E-state index contributed by atoms with van der Waals surface area (Å²) in [7, 11) is 0. The molecule has 5 rings (SSSR count). The lowest BCUT2D eigenvalue weighted by Gasteiger charge is -2.02. The van der Waals surface area contributed by atoms with E-state index < -0.39 is 0 Å². The van der Waals surface area contributed by atoms with Crippen molar-refractivity contribution in [3.8, 4) is 11.3 Å². The maximum absolute atomic E-state index is 13.4. The van der Waals surface area contributed by atoms with Crippen molar-refractivity contribution >= 4 is 38.9 Å². The summed E-state index contributed by atoms with van der Waals surface area (Å²) in [4.78, 5) is 19.5. The fourth-order valence-corrected chi connectivity index (χ4v) is 4.38. The van der Waals surface area contributed by atoms with Crippen LogP contribution in [0, 0.1) is 12.7 Å². The average Bonchev–Trinajstić information content (AvgIpc) is 3.28. The van der Waals surface area contributed by atoms with Gasteiger partial charge in [-0.15, -0.1) is 11.3 Å². The van der Waals surface area contributed by atoms with Gasteiger partial charge in [0, 0.05) is 22.2 Å². The van der Waals surface area contributed by atoms with Crippen molar-refractivity contribution in [3.63, 3.8) is 0 Å². The zero-order valence-electron chi connectivity index (χ0n) is 16.2. The molecule has 5 heteroatoms. The van der Waals surface area contributed by atoms with Crippen LogP contribution >= 0.6 is 11.3 Å². The molecule has 0 aliphatic heterocycles. The number of aryl methyl sites for hydroxylation is 1. The van der Waals surface area contributed by atoms with E-state index in [0.717, 1.165) is 37.6 Å². The van der Waals surface area contributed by atoms with Crippen LogP contribution < -0.4 is 0 Å². The van der Waals surface area contributed by atoms with Crippen LogP contribution in [0.3, 0.4) is 0 Å². The van der Waals surface area contributed by atoms with Gasteiger partial charge in [-0.05, 0) is 60.2 Å². The van der Waals surface area contributed by atoms with Gasteiger partial charge in [0.2, 0.25) is 0 Å². The Balaban J connectivity index is 1.56. The number of carbonyl (C=O) groups is 1. The Bertz CT molecular complexity index is 1430. The van der Waals surface area contributed by atoms with Gasteiger partial charge in [-0.2, -0.15) is 0 Å². The number of rotatable bonds is 4. The quantitative estimate of drug-likeness (QED) is 0.247. The summed E-state index contributed by atoms with van der Waals surface area (Å²) in [6.45, 7) is 2.02. The predicted octanol–water partition coefficient (Wildman–Crippen LogP) is 6.56. The lowest BCUT2D eigenvalue weighted by Crippen LogP contribution is -1.95. The summed E-state index contributed by atoms with van der Waals surface area (Å²) in [5, 5.41) is 2.13. The van der Waals surface area contributed by atoms with Gasteiger partial charge in [-0.1, -0.05) is 36.4 Å². The highest BCUT2D eigenvalue weighted by molar-refractivity contribution is 7.17. The number of hydrogen-bond donors (Lipinski definition) is 0. The number of allylic oxidation sites excluding steroid dienone is 1. The van der Waals surface area contributed by atoms with E-state index >= 15 is 0 Å². The Labute approximate surface area is 176 Å². The lowest BCUT2D eigenvalue weighted by atomic mass is 10.0. The first kappa shape index (κ1) is 18.5. The molecule has 0 unspecified atom stereocenters. The molecule has 5 aromatic rings. The SMILES string of the molecule is Cc1cn2c(C=CC(=O)c3ccc4ccccc4c3)c(-c3ccc(F)cc3)nc2s1.